The molecule has 0 unspecified atom stereocenters. The van der Waals surface area contributed by atoms with Gasteiger partial charge in [-0.1, -0.05) is 18.2 Å². The lowest BCUT2D eigenvalue weighted by Crippen LogP contribution is -2.38. The zero-order valence-corrected chi connectivity index (χ0v) is 18.1. The molecule has 0 spiro atoms. The van der Waals surface area contributed by atoms with Gasteiger partial charge in [-0.25, -0.2) is 4.79 Å². The molecular formula is C23H28N2O4S. The Kier molecular flexibility index (Phi) is 6.69. The van der Waals surface area contributed by atoms with Crippen LogP contribution >= 0.6 is 0 Å². The second kappa shape index (κ2) is 9.62. The van der Waals surface area contributed by atoms with Crippen LogP contribution in [0.25, 0.3) is 0 Å². The highest BCUT2D eigenvalue weighted by Crippen LogP contribution is 2.25. The van der Waals surface area contributed by atoms with Crippen LogP contribution < -0.4 is 10.1 Å². The molecule has 1 N–H and O–H groups in total. The predicted molar refractivity (Wildman–Crippen MR) is 118 cm³/mol. The molecule has 0 radical (unpaired) electrons. The summed E-state index contributed by atoms with van der Waals surface area (Å²) in [5, 5.41) is 3.20. The van der Waals surface area contributed by atoms with Gasteiger partial charge < -0.3 is 19.7 Å². The minimum atomic E-state index is -0.926. The summed E-state index contributed by atoms with van der Waals surface area (Å²) in [6.45, 7) is 2.62. The molecular weight excluding hydrogens is 400 g/mol. The second-order valence-electron chi connectivity index (χ2n) is 7.77. The van der Waals surface area contributed by atoms with Crippen molar-refractivity contribution in [2.75, 3.05) is 32.2 Å². The van der Waals surface area contributed by atoms with E-state index in [1.807, 2.05) is 41.3 Å². The molecule has 30 heavy (non-hydrogen) atoms. The van der Waals surface area contributed by atoms with Crippen LogP contribution in [-0.4, -0.2) is 47.3 Å². The van der Waals surface area contributed by atoms with Crippen LogP contribution in [0.5, 0.6) is 5.75 Å². The quantitative estimate of drug-likeness (QED) is 0.788. The summed E-state index contributed by atoms with van der Waals surface area (Å²) in [5.41, 5.74) is 4.10. The van der Waals surface area contributed by atoms with Crippen LogP contribution in [0.2, 0.25) is 0 Å². The van der Waals surface area contributed by atoms with E-state index >= 15 is 0 Å². The zero-order valence-electron chi connectivity index (χ0n) is 17.3. The number of carbonyl (C=O) groups excluding carboxylic acids is 1. The fraction of sp³-hybridized carbons (Fsp3) is 0.435. The number of nitrogens with zero attached hydrogens (tertiary/aromatic N) is 1. The molecule has 2 heterocycles. The van der Waals surface area contributed by atoms with Gasteiger partial charge in [0.2, 0.25) is 0 Å². The maximum Gasteiger partial charge on any atom is 0.322 e. The highest BCUT2D eigenvalue weighted by Gasteiger charge is 2.22. The SMILES string of the molecule is COc1ccc2c(c1)CN(C(=O)Nc1cccc(C[S@](=O)C3CCOCC3)c1)CC2. The number of amides is 2. The van der Waals surface area contributed by atoms with E-state index in [0.717, 1.165) is 41.8 Å². The van der Waals surface area contributed by atoms with E-state index in [1.165, 1.54) is 5.56 Å². The molecule has 0 aromatic heterocycles. The van der Waals surface area contributed by atoms with Crippen molar-refractivity contribution >= 4 is 22.5 Å². The summed E-state index contributed by atoms with van der Waals surface area (Å²) in [6.07, 6.45) is 2.53. The number of urea groups is 1. The third-order valence-electron chi connectivity index (χ3n) is 5.74. The van der Waals surface area contributed by atoms with Crippen LogP contribution in [0.3, 0.4) is 0 Å². The molecule has 1 atom stereocenters. The van der Waals surface area contributed by atoms with Crippen LogP contribution in [0.4, 0.5) is 10.5 Å². The molecule has 2 aliphatic rings. The third kappa shape index (κ3) is 5.02. The van der Waals surface area contributed by atoms with Crippen molar-refractivity contribution in [3.8, 4) is 5.75 Å². The van der Waals surface area contributed by atoms with Gasteiger partial charge in [-0.05, 0) is 60.2 Å². The smallest absolute Gasteiger partial charge is 0.322 e. The Hall–Kier alpha value is -2.38. The number of methoxy groups -OCH3 is 1. The Bertz CT molecular complexity index is 927. The number of fused-ring (bicyclic) bond motifs is 1. The molecule has 2 amide bonds. The number of benzene rings is 2. The van der Waals surface area contributed by atoms with Crippen LogP contribution in [0.1, 0.15) is 29.5 Å². The molecule has 0 aliphatic carbocycles. The molecule has 2 aromatic carbocycles. The first-order valence-electron chi connectivity index (χ1n) is 10.4. The van der Waals surface area contributed by atoms with Gasteiger partial charge in [0.05, 0.1) is 7.11 Å². The normalized spacial score (nSPS) is 17.8. The van der Waals surface area contributed by atoms with E-state index in [1.54, 1.807) is 7.11 Å². The van der Waals surface area contributed by atoms with Gasteiger partial charge in [0.15, 0.2) is 0 Å². The monoisotopic (exact) mass is 428 g/mol. The molecule has 1 saturated heterocycles. The summed E-state index contributed by atoms with van der Waals surface area (Å²) in [4.78, 5) is 14.6. The van der Waals surface area contributed by atoms with Crippen molar-refractivity contribution in [3.63, 3.8) is 0 Å². The highest BCUT2D eigenvalue weighted by molar-refractivity contribution is 7.84. The summed E-state index contributed by atoms with van der Waals surface area (Å²) in [5.74, 6) is 1.31. The first-order chi connectivity index (χ1) is 14.6. The third-order valence-corrected chi connectivity index (χ3v) is 7.57. The summed E-state index contributed by atoms with van der Waals surface area (Å²) in [7, 11) is 0.724. The molecule has 1 fully saturated rings. The lowest BCUT2D eigenvalue weighted by atomic mass is 10.00. The number of rotatable bonds is 5. The van der Waals surface area contributed by atoms with Gasteiger partial charge >= 0.3 is 6.03 Å². The number of hydrogen-bond acceptors (Lipinski definition) is 4. The number of nitrogens with one attached hydrogen (secondary N) is 1. The fourth-order valence-electron chi connectivity index (χ4n) is 4.00. The molecule has 6 nitrogen and oxygen atoms in total. The highest BCUT2D eigenvalue weighted by atomic mass is 32.2. The van der Waals surface area contributed by atoms with Crippen molar-refractivity contribution in [3.05, 3.63) is 59.2 Å². The van der Waals surface area contributed by atoms with Gasteiger partial charge in [0, 0.05) is 53.8 Å². The first kappa shape index (κ1) is 20.9. The van der Waals surface area contributed by atoms with E-state index < -0.39 is 10.8 Å². The molecule has 7 heteroatoms. The van der Waals surface area contributed by atoms with E-state index in [9.17, 15) is 9.00 Å². The molecule has 0 saturated carbocycles. The molecule has 0 bridgehead atoms. The summed E-state index contributed by atoms with van der Waals surface area (Å²) < 4.78 is 23.3. The summed E-state index contributed by atoms with van der Waals surface area (Å²) >= 11 is 0. The maximum atomic E-state index is 12.8. The fourth-order valence-corrected chi connectivity index (χ4v) is 5.46. The number of ether oxygens (including phenoxy) is 2. The van der Waals surface area contributed by atoms with Crippen molar-refractivity contribution < 1.29 is 18.5 Å². The van der Waals surface area contributed by atoms with Crippen molar-refractivity contribution in [1.82, 2.24) is 4.90 Å². The standard InChI is InChI=1S/C23H28N2O4S/c1-28-21-6-5-18-7-10-25(15-19(18)14-21)23(26)24-20-4-2-3-17(13-20)16-30(27)22-8-11-29-12-9-22/h2-6,13-14,22H,7-12,15-16H2,1H3,(H,24,26)/t30-/m0/s1. The predicted octanol–water partition coefficient (Wildman–Crippen LogP) is 3.71. The summed E-state index contributed by atoms with van der Waals surface area (Å²) in [6, 6.07) is 13.6. The molecule has 2 aromatic rings. The second-order valence-corrected chi connectivity index (χ2v) is 9.49. The molecule has 160 valence electrons. The van der Waals surface area contributed by atoms with Gasteiger partial charge in [-0.15, -0.1) is 0 Å². The Labute approximate surface area is 180 Å². The Morgan fingerprint density at radius 3 is 2.83 bits per heavy atom. The lowest BCUT2D eigenvalue weighted by molar-refractivity contribution is 0.0992. The van der Waals surface area contributed by atoms with E-state index in [2.05, 4.69) is 11.4 Å². The number of carbonyl (C=O) groups is 1. The van der Waals surface area contributed by atoms with E-state index in [-0.39, 0.29) is 11.3 Å². The Balaban J connectivity index is 1.37. The average Bonchev–Trinajstić information content (AvgIpc) is 2.79. The van der Waals surface area contributed by atoms with Gasteiger partial charge in [-0.2, -0.15) is 0 Å². The first-order valence-corrected chi connectivity index (χ1v) is 11.8. The Morgan fingerprint density at radius 1 is 1.20 bits per heavy atom. The zero-order chi connectivity index (χ0) is 20.9. The van der Waals surface area contributed by atoms with E-state index in [4.69, 9.17) is 9.47 Å². The van der Waals surface area contributed by atoms with Crippen molar-refractivity contribution in [1.29, 1.82) is 0 Å². The van der Waals surface area contributed by atoms with Gasteiger partial charge in [-0.3, -0.25) is 4.21 Å². The van der Waals surface area contributed by atoms with E-state index in [0.29, 0.717) is 32.1 Å². The topological polar surface area (TPSA) is 67.9 Å². The van der Waals surface area contributed by atoms with Crippen LogP contribution in [-0.2, 0) is 34.3 Å². The van der Waals surface area contributed by atoms with Crippen LogP contribution in [0, 0.1) is 0 Å². The lowest BCUT2D eigenvalue weighted by Gasteiger charge is -2.29. The minimum absolute atomic E-state index is 0.119. The number of hydrogen-bond donors (Lipinski definition) is 1. The van der Waals surface area contributed by atoms with Crippen molar-refractivity contribution in [2.45, 2.75) is 36.8 Å². The molecule has 4 rings (SSSR count). The largest absolute Gasteiger partial charge is 0.497 e. The molecule has 2 aliphatic heterocycles. The average molecular weight is 429 g/mol. The minimum Gasteiger partial charge on any atom is -0.497 e. The Morgan fingerprint density at radius 2 is 2.03 bits per heavy atom. The van der Waals surface area contributed by atoms with Gasteiger partial charge in [0.1, 0.15) is 5.75 Å². The number of anilines is 1. The van der Waals surface area contributed by atoms with Crippen LogP contribution in [0.15, 0.2) is 42.5 Å². The van der Waals surface area contributed by atoms with Gasteiger partial charge in [0.25, 0.3) is 0 Å². The maximum absolute atomic E-state index is 12.8. The van der Waals surface area contributed by atoms with Crippen molar-refractivity contribution in [2.24, 2.45) is 0 Å².